The molecule has 0 amide bonds. The SMILES string of the molecule is Cc1[nH]nc(S(=O)(=O)N(C)CC2CC3CCC2C3)c1CO. The van der Waals surface area contributed by atoms with Gasteiger partial charge in [0, 0.05) is 24.8 Å². The van der Waals surface area contributed by atoms with Crippen LogP contribution >= 0.6 is 0 Å². The quantitative estimate of drug-likeness (QED) is 0.857. The molecule has 0 radical (unpaired) electrons. The number of hydrogen-bond acceptors (Lipinski definition) is 4. The summed E-state index contributed by atoms with van der Waals surface area (Å²) < 4.78 is 26.7. The minimum atomic E-state index is -3.63. The number of rotatable bonds is 5. The number of sulfonamides is 1. The molecule has 1 aromatic heterocycles. The largest absolute Gasteiger partial charge is 0.392 e. The number of aromatic amines is 1. The first-order valence-corrected chi connectivity index (χ1v) is 8.98. The highest BCUT2D eigenvalue weighted by atomic mass is 32.2. The monoisotopic (exact) mass is 313 g/mol. The summed E-state index contributed by atoms with van der Waals surface area (Å²) in [6, 6.07) is 0. The van der Waals surface area contributed by atoms with Crippen LogP contribution in [-0.2, 0) is 16.6 Å². The Balaban J connectivity index is 1.78. The molecule has 3 atom stereocenters. The van der Waals surface area contributed by atoms with Gasteiger partial charge in [0.15, 0.2) is 5.03 Å². The van der Waals surface area contributed by atoms with Gasteiger partial charge in [-0.25, -0.2) is 8.42 Å². The predicted octanol–water partition coefficient (Wildman–Crippen LogP) is 1.27. The van der Waals surface area contributed by atoms with Crippen molar-refractivity contribution < 1.29 is 13.5 Å². The first-order chi connectivity index (χ1) is 9.93. The van der Waals surface area contributed by atoms with Crippen LogP contribution in [0.15, 0.2) is 5.03 Å². The normalized spacial score (nSPS) is 28.7. The van der Waals surface area contributed by atoms with Crippen molar-refractivity contribution >= 4 is 10.0 Å². The average Bonchev–Trinajstić information content (AvgIpc) is 3.13. The van der Waals surface area contributed by atoms with Crippen LogP contribution < -0.4 is 0 Å². The minimum Gasteiger partial charge on any atom is -0.392 e. The summed E-state index contributed by atoms with van der Waals surface area (Å²) in [5.41, 5.74) is 0.971. The summed E-state index contributed by atoms with van der Waals surface area (Å²) in [4.78, 5) is 0. The van der Waals surface area contributed by atoms with E-state index in [0.29, 0.717) is 29.6 Å². The molecule has 0 aliphatic heterocycles. The summed E-state index contributed by atoms with van der Waals surface area (Å²) in [6.07, 6.45) is 4.97. The molecule has 1 heterocycles. The van der Waals surface area contributed by atoms with E-state index in [1.54, 1.807) is 14.0 Å². The van der Waals surface area contributed by atoms with Gasteiger partial charge in [0.25, 0.3) is 10.0 Å². The van der Waals surface area contributed by atoms with Crippen molar-refractivity contribution in [3.05, 3.63) is 11.3 Å². The Kier molecular flexibility index (Phi) is 3.83. The van der Waals surface area contributed by atoms with Crippen LogP contribution in [0.25, 0.3) is 0 Å². The fourth-order valence-electron chi connectivity index (χ4n) is 4.01. The minimum absolute atomic E-state index is 0.0341. The topological polar surface area (TPSA) is 86.3 Å². The molecule has 2 aliphatic rings. The predicted molar refractivity (Wildman–Crippen MR) is 78.0 cm³/mol. The average molecular weight is 313 g/mol. The van der Waals surface area contributed by atoms with Crippen LogP contribution in [0.3, 0.4) is 0 Å². The molecular formula is C14H23N3O3S. The van der Waals surface area contributed by atoms with Crippen molar-refractivity contribution in [2.24, 2.45) is 17.8 Å². The number of aliphatic hydroxyl groups is 1. The molecule has 7 heteroatoms. The van der Waals surface area contributed by atoms with Gasteiger partial charge in [-0.15, -0.1) is 0 Å². The van der Waals surface area contributed by atoms with E-state index in [1.165, 1.54) is 23.6 Å². The fraction of sp³-hybridized carbons (Fsp3) is 0.786. The molecule has 0 aromatic carbocycles. The lowest BCUT2D eigenvalue weighted by Gasteiger charge is -2.26. The van der Waals surface area contributed by atoms with E-state index < -0.39 is 10.0 Å². The third kappa shape index (κ3) is 2.51. The van der Waals surface area contributed by atoms with Gasteiger partial charge in [0.2, 0.25) is 0 Å². The maximum atomic E-state index is 12.7. The molecule has 3 unspecified atom stereocenters. The lowest BCUT2D eigenvalue weighted by atomic mass is 9.89. The summed E-state index contributed by atoms with van der Waals surface area (Å²) >= 11 is 0. The zero-order valence-corrected chi connectivity index (χ0v) is 13.4. The Morgan fingerprint density at radius 1 is 1.38 bits per heavy atom. The zero-order chi connectivity index (χ0) is 15.2. The van der Waals surface area contributed by atoms with Crippen LogP contribution in [0.2, 0.25) is 0 Å². The van der Waals surface area contributed by atoms with Gasteiger partial charge in [-0.1, -0.05) is 6.42 Å². The van der Waals surface area contributed by atoms with Gasteiger partial charge >= 0.3 is 0 Å². The Bertz CT molecular complexity index is 625. The maximum absolute atomic E-state index is 12.7. The molecule has 0 saturated heterocycles. The highest BCUT2D eigenvalue weighted by Crippen LogP contribution is 2.48. The van der Waals surface area contributed by atoms with Crippen molar-refractivity contribution in [3.8, 4) is 0 Å². The van der Waals surface area contributed by atoms with Crippen LogP contribution in [0.5, 0.6) is 0 Å². The maximum Gasteiger partial charge on any atom is 0.262 e. The number of aromatic nitrogens is 2. The summed E-state index contributed by atoms with van der Waals surface area (Å²) in [5, 5.41) is 15.9. The van der Waals surface area contributed by atoms with Crippen LogP contribution in [0, 0.1) is 24.7 Å². The Labute approximate surface area is 125 Å². The van der Waals surface area contributed by atoms with E-state index in [4.69, 9.17) is 0 Å². The van der Waals surface area contributed by atoms with Gasteiger partial charge < -0.3 is 5.11 Å². The van der Waals surface area contributed by atoms with Crippen LogP contribution in [0.4, 0.5) is 0 Å². The molecule has 6 nitrogen and oxygen atoms in total. The highest BCUT2D eigenvalue weighted by Gasteiger charge is 2.41. The first-order valence-electron chi connectivity index (χ1n) is 7.54. The van der Waals surface area contributed by atoms with Crippen molar-refractivity contribution in [1.29, 1.82) is 0 Å². The molecule has 118 valence electrons. The van der Waals surface area contributed by atoms with Crippen molar-refractivity contribution in [2.45, 2.75) is 44.2 Å². The summed E-state index contributed by atoms with van der Waals surface area (Å²) in [6.45, 7) is 1.95. The lowest BCUT2D eigenvalue weighted by Crippen LogP contribution is -2.34. The van der Waals surface area contributed by atoms with E-state index in [9.17, 15) is 13.5 Å². The number of aryl methyl sites for hydroxylation is 1. The number of nitrogens with one attached hydrogen (secondary N) is 1. The first kappa shape index (κ1) is 15.0. The number of nitrogens with zero attached hydrogens (tertiary/aromatic N) is 2. The Morgan fingerprint density at radius 2 is 2.14 bits per heavy atom. The second-order valence-corrected chi connectivity index (χ2v) is 8.47. The molecule has 2 saturated carbocycles. The van der Waals surface area contributed by atoms with Gasteiger partial charge in [0.1, 0.15) is 0 Å². The molecule has 2 bridgehead atoms. The molecular weight excluding hydrogens is 290 g/mol. The highest BCUT2D eigenvalue weighted by molar-refractivity contribution is 7.89. The van der Waals surface area contributed by atoms with Crippen LogP contribution in [-0.4, -0.2) is 41.6 Å². The van der Waals surface area contributed by atoms with Gasteiger partial charge in [0.05, 0.1) is 6.61 Å². The van der Waals surface area contributed by atoms with Crippen molar-refractivity contribution in [1.82, 2.24) is 14.5 Å². The molecule has 21 heavy (non-hydrogen) atoms. The van der Waals surface area contributed by atoms with E-state index >= 15 is 0 Å². The van der Waals surface area contributed by atoms with Gasteiger partial charge in [-0.2, -0.15) is 9.40 Å². The second kappa shape index (κ2) is 5.37. The Hall–Kier alpha value is -0.920. The standard InChI is InChI=1S/C14H23N3O3S/c1-9-13(8-18)14(16-15-9)21(19,20)17(2)7-12-6-10-3-4-11(12)5-10/h10-12,18H,3-8H2,1-2H3,(H,15,16). The van der Waals surface area contributed by atoms with Crippen molar-refractivity contribution in [2.75, 3.05) is 13.6 Å². The second-order valence-electron chi connectivity index (χ2n) is 6.51. The molecule has 3 rings (SSSR count). The zero-order valence-electron chi connectivity index (χ0n) is 12.5. The molecule has 2 aliphatic carbocycles. The number of aliphatic hydroxyl groups excluding tert-OH is 1. The van der Waals surface area contributed by atoms with E-state index in [2.05, 4.69) is 10.2 Å². The van der Waals surface area contributed by atoms with Gasteiger partial charge in [-0.05, 0) is 43.9 Å². The number of hydrogen-bond donors (Lipinski definition) is 2. The summed E-state index contributed by atoms with van der Waals surface area (Å²) in [5.74, 6) is 1.96. The third-order valence-corrected chi connectivity index (χ3v) is 7.02. The smallest absolute Gasteiger partial charge is 0.262 e. The Morgan fingerprint density at radius 3 is 2.71 bits per heavy atom. The van der Waals surface area contributed by atoms with E-state index in [1.807, 2.05) is 0 Å². The number of fused-ring (bicyclic) bond motifs is 2. The van der Waals surface area contributed by atoms with Crippen LogP contribution in [0.1, 0.15) is 36.9 Å². The summed E-state index contributed by atoms with van der Waals surface area (Å²) in [7, 11) is -2.02. The third-order valence-electron chi connectivity index (χ3n) is 5.22. The van der Waals surface area contributed by atoms with Crippen molar-refractivity contribution in [3.63, 3.8) is 0 Å². The fourth-order valence-corrected chi connectivity index (χ4v) is 5.38. The molecule has 0 spiro atoms. The van der Waals surface area contributed by atoms with E-state index in [-0.39, 0.29) is 11.6 Å². The molecule has 2 fully saturated rings. The van der Waals surface area contributed by atoms with Gasteiger partial charge in [-0.3, -0.25) is 5.10 Å². The number of H-pyrrole nitrogens is 1. The molecule has 1 aromatic rings. The van der Waals surface area contributed by atoms with E-state index in [0.717, 1.165) is 12.3 Å². The lowest BCUT2D eigenvalue weighted by molar-refractivity contribution is 0.273. The molecule has 2 N–H and O–H groups in total.